The van der Waals surface area contributed by atoms with Crippen LogP contribution in [0.1, 0.15) is 5.56 Å². The summed E-state index contributed by atoms with van der Waals surface area (Å²) in [5.74, 6) is 0. The maximum atomic E-state index is 5.42. The summed E-state index contributed by atoms with van der Waals surface area (Å²) in [7, 11) is 0. The van der Waals surface area contributed by atoms with Crippen molar-refractivity contribution in [3.8, 4) is 50.3 Å². The van der Waals surface area contributed by atoms with Gasteiger partial charge in [0.1, 0.15) is 0 Å². The number of rotatable bonds is 5. The van der Waals surface area contributed by atoms with Gasteiger partial charge >= 0.3 is 0 Å². The third-order valence-electron chi connectivity index (χ3n) is 11.2. The summed E-state index contributed by atoms with van der Waals surface area (Å²) in [6.45, 7) is 2.25. The first kappa shape index (κ1) is 31.7. The van der Waals surface area contributed by atoms with Gasteiger partial charge in [0, 0.05) is 47.6 Å². The Morgan fingerprint density at radius 2 is 1.07 bits per heavy atom. The molecule has 3 aromatic heterocycles. The molecule has 0 aliphatic rings. The van der Waals surface area contributed by atoms with E-state index in [1.807, 2.05) is 11.3 Å². The second-order valence-corrected chi connectivity index (χ2v) is 15.4. The molecule has 3 heteroatoms. The zero-order valence-corrected chi connectivity index (χ0v) is 31.0. The highest BCUT2D eigenvalue weighted by molar-refractivity contribution is 7.26. The molecule has 0 saturated carbocycles. The summed E-state index contributed by atoms with van der Waals surface area (Å²) in [4.78, 5) is 5.42. The van der Waals surface area contributed by atoms with E-state index in [-0.39, 0.29) is 0 Å². The maximum Gasteiger partial charge on any atom is 0.0751 e. The lowest BCUT2D eigenvalue weighted by atomic mass is 9.90. The molecule has 2 nitrogen and oxygen atoms in total. The number of nitrogens with zero attached hydrogens (tertiary/aromatic N) is 2. The molecule has 0 saturated heterocycles. The first-order valence-electron chi connectivity index (χ1n) is 18.8. The summed E-state index contributed by atoms with van der Waals surface area (Å²) >= 11 is 1.86. The van der Waals surface area contributed by atoms with E-state index in [1.54, 1.807) is 0 Å². The number of hydrogen-bond donors (Lipinski definition) is 0. The van der Waals surface area contributed by atoms with Crippen LogP contribution in [0.4, 0.5) is 0 Å². The summed E-state index contributed by atoms with van der Waals surface area (Å²) < 4.78 is 4.93. The minimum atomic E-state index is 1.00. The molecular weight excluding hydrogens is 685 g/mol. The van der Waals surface area contributed by atoms with E-state index >= 15 is 0 Å². The minimum Gasteiger partial charge on any atom is -0.309 e. The third kappa shape index (κ3) is 5.12. The van der Waals surface area contributed by atoms with Crippen molar-refractivity contribution in [1.82, 2.24) is 9.55 Å². The van der Waals surface area contributed by atoms with Gasteiger partial charge in [-0.3, -0.25) is 0 Å². The number of pyridine rings is 1. The van der Waals surface area contributed by atoms with E-state index in [9.17, 15) is 0 Å². The van der Waals surface area contributed by atoms with Gasteiger partial charge in [0.05, 0.1) is 22.2 Å². The Morgan fingerprint density at radius 3 is 1.93 bits per heavy atom. The van der Waals surface area contributed by atoms with Gasteiger partial charge in [-0.25, -0.2) is 4.98 Å². The normalized spacial score (nSPS) is 11.7. The molecule has 0 spiro atoms. The quantitative estimate of drug-likeness (QED) is 0.173. The zero-order chi connectivity index (χ0) is 36.5. The highest BCUT2D eigenvalue weighted by Gasteiger charge is 2.20. The number of hydrogen-bond acceptors (Lipinski definition) is 2. The monoisotopic (exact) mass is 718 g/mol. The highest BCUT2D eigenvalue weighted by Crippen LogP contribution is 2.45. The first-order chi connectivity index (χ1) is 27.2. The van der Waals surface area contributed by atoms with E-state index in [0.717, 1.165) is 11.2 Å². The fraction of sp³-hybridized carbons (Fsp3) is 0.0192. The first-order valence-corrected chi connectivity index (χ1v) is 19.6. The van der Waals surface area contributed by atoms with Gasteiger partial charge < -0.3 is 4.57 Å². The van der Waals surface area contributed by atoms with Crippen molar-refractivity contribution in [2.24, 2.45) is 0 Å². The van der Waals surface area contributed by atoms with Crippen LogP contribution in [0.25, 0.3) is 103 Å². The number of thiophene rings is 1. The lowest BCUT2D eigenvalue weighted by Crippen LogP contribution is -1.96. The molecule has 11 rings (SSSR count). The molecule has 0 fully saturated rings. The molecular formula is C52H34N2S. The van der Waals surface area contributed by atoms with E-state index < -0.39 is 0 Å². The molecule has 0 bridgehead atoms. The van der Waals surface area contributed by atoms with Crippen LogP contribution in [0.15, 0.2) is 188 Å². The summed E-state index contributed by atoms with van der Waals surface area (Å²) in [6, 6.07) is 68.2. The van der Waals surface area contributed by atoms with Gasteiger partial charge in [-0.05, 0) is 107 Å². The lowest BCUT2D eigenvalue weighted by molar-refractivity contribution is 1.18. The molecule has 0 unspecified atom stereocenters. The molecule has 0 N–H and O–H groups in total. The van der Waals surface area contributed by atoms with E-state index in [0.29, 0.717) is 0 Å². The molecule has 55 heavy (non-hydrogen) atoms. The SMILES string of the molecule is Cc1c(-c2cccc3sc4ccc(-c5ccc6c(c5)c5ccccc5n6-c5ccccc5)cc4c23)nc2ccccc2c1-c1cccc(-c2ccccc2)c1. The van der Waals surface area contributed by atoms with Gasteiger partial charge in [0.2, 0.25) is 0 Å². The van der Waals surface area contributed by atoms with Crippen molar-refractivity contribution in [2.45, 2.75) is 6.92 Å². The standard InChI is InChI=1S/C52H34N2S/c1-33-50(38-17-12-16-35(30-38)34-14-4-2-5-15-34)41-21-8-10-23-45(41)53-52(33)42-22-13-25-49-51(42)44-32-37(27-29-48(44)55-49)36-26-28-47-43(31-36)40-20-9-11-24-46(40)54(47)39-18-6-3-7-19-39/h2-32H,1H3. The second-order valence-electron chi connectivity index (χ2n) is 14.3. The van der Waals surface area contributed by atoms with E-state index in [2.05, 4.69) is 200 Å². The van der Waals surface area contributed by atoms with Crippen LogP contribution in [0.3, 0.4) is 0 Å². The van der Waals surface area contributed by atoms with Gasteiger partial charge in [-0.1, -0.05) is 127 Å². The predicted molar refractivity (Wildman–Crippen MR) is 235 cm³/mol. The van der Waals surface area contributed by atoms with Crippen LogP contribution in [-0.4, -0.2) is 9.55 Å². The number of para-hydroxylation sites is 3. The van der Waals surface area contributed by atoms with Crippen LogP contribution >= 0.6 is 11.3 Å². The smallest absolute Gasteiger partial charge is 0.0751 e. The average Bonchev–Trinajstić information content (AvgIpc) is 3.79. The molecule has 3 heterocycles. The Balaban J connectivity index is 1.10. The minimum absolute atomic E-state index is 1.00. The second kappa shape index (κ2) is 12.7. The summed E-state index contributed by atoms with van der Waals surface area (Å²) in [5.41, 5.74) is 15.3. The lowest BCUT2D eigenvalue weighted by Gasteiger charge is -2.17. The third-order valence-corrected chi connectivity index (χ3v) is 12.3. The van der Waals surface area contributed by atoms with Gasteiger partial charge in [0.25, 0.3) is 0 Å². The molecule has 0 amide bonds. The van der Waals surface area contributed by atoms with Crippen molar-refractivity contribution >= 4 is 64.2 Å². The summed E-state index contributed by atoms with van der Waals surface area (Å²) in [6.07, 6.45) is 0. The van der Waals surface area contributed by atoms with Crippen molar-refractivity contribution in [3.05, 3.63) is 194 Å². The molecule has 8 aromatic carbocycles. The Hall–Kier alpha value is -6.81. The largest absolute Gasteiger partial charge is 0.309 e. The summed E-state index contributed by atoms with van der Waals surface area (Å²) in [5, 5.41) is 6.22. The van der Waals surface area contributed by atoms with Crippen LogP contribution in [-0.2, 0) is 0 Å². The number of aromatic nitrogens is 2. The van der Waals surface area contributed by atoms with Crippen LogP contribution in [0.2, 0.25) is 0 Å². The Labute approximate surface area is 323 Å². The zero-order valence-electron chi connectivity index (χ0n) is 30.2. The maximum absolute atomic E-state index is 5.42. The molecule has 0 aliphatic carbocycles. The van der Waals surface area contributed by atoms with Gasteiger partial charge in [0.15, 0.2) is 0 Å². The Bertz CT molecular complexity index is 3260. The Kier molecular flexibility index (Phi) is 7.29. The Morgan fingerprint density at radius 1 is 0.436 bits per heavy atom. The predicted octanol–water partition coefficient (Wildman–Crippen LogP) is 14.7. The number of benzene rings is 8. The topological polar surface area (TPSA) is 17.8 Å². The van der Waals surface area contributed by atoms with Gasteiger partial charge in [-0.15, -0.1) is 11.3 Å². The van der Waals surface area contributed by atoms with Gasteiger partial charge in [-0.2, -0.15) is 0 Å². The fourth-order valence-electron chi connectivity index (χ4n) is 8.64. The van der Waals surface area contributed by atoms with Crippen LogP contribution < -0.4 is 0 Å². The molecule has 0 radical (unpaired) electrons. The van der Waals surface area contributed by atoms with E-state index in [4.69, 9.17) is 4.98 Å². The van der Waals surface area contributed by atoms with Crippen LogP contribution in [0.5, 0.6) is 0 Å². The van der Waals surface area contributed by atoms with Crippen molar-refractivity contribution in [2.75, 3.05) is 0 Å². The molecule has 11 aromatic rings. The van der Waals surface area contributed by atoms with Crippen molar-refractivity contribution < 1.29 is 0 Å². The fourth-order valence-corrected chi connectivity index (χ4v) is 9.75. The molecule has 0 atom stereocenters. The van der Waals surface area contributed by atoms with Crippen molar-refractivity contribution in [1.29, 1.82) is 0 Å². The molecule has 0 aliphatic heterocycles. The van der Waals surface area contributed by atoms with Crippen LogP contribution in [0, 0.1) is 6.92 Å². The average molecular weight is 719 g/mol. The van der Waals surface area contributed by atoms with Crippen molar-refractivity contribution in [3.63, 3.8) is 0 Å². The molecule has 258 valence electrons. The number of fused-ring (bicyclic) bond motifs is 7. The highest BCUT2D eigenvalue weighted by atomic mass is 32.1. The van der Waals surface area contributed by atoms with E-state index in [1.165, 1.54) is 97.6 Å².